The molecule has 2 rings (SSSR count). The van der Waals surface area contributed by atoms with E-state index in [1.165, 1.54) is 24.6 Å². The molecule has 2 aromatic carbocycles. The molecule has 2 amide bonds. The molecule has 10 heteroatoms. The third-order valence-electron chi connectivity index (χ3n) is 4.07. The van der Waals surface area contributed by atoms with Crippen LogP contribution in [0.4, 0.5) is 0 Å². The maximum absolute atomic E-state index is 11.8. The molecule has 0 bridgehead atoms. The number of carbonyl (C=O) groups is 2. The summed E-state index contributed by atoms with van der Waals surface area (Å²) >= 11 is 6.60. The zero-order chi connectivity index (χ0) is 22.6. The first kappa shape index (κ1) is 24.5. The molecule has 0 spiro atoms. The highest BCUT2D eigenvalue weighted by atomic mass is 79.9. The third-order valence-corrected chi connectivity index (χ3v) is 5.06. The molecule has 164 valence electrons. The van der Waals surface area contributed by atoms with Gasteiger partial charge in [0, 0.05) is 32.9 Å². The van der Waals surface area contributed by atoms with Crippen molar-refractivity contribution in [2.24, 2.45) is 10.2 Å². The van der Waals surface area contributed by atoms with E-state index in [0.29, 0.717) is 30.4 Å². The van der Waals surface area contributed by atoms with Crippen LogP contribution in [-0.4, -0.2) is 34.5 Å². The van der Waals surface area contributed by atoms with Crippen molar-refractivity contribution in [2.45, 2.75) is 32.1 Å². The monoisotopic (exact) mass is 552 g/mol. The summed E-state index contributed by atoms with van der Waals surface area (Å²) in [7, 11) is 0. The van der Waals surface area contributed by atoms with Gasteiger partial charge in [0.05, 0.1) is 12.4 Å². The van der Waals surface area contributed by atoms with Crippen molar-refractivity contribution in [2.75, 3.05) is 0 Å². The fourth-order valence-electron chi connectivity index (χ4n) is 2.46. The molecular formula is C21H22Br2N4O4. The Balaban J connectivity index is 1.59. The quantitative estimate of drug-likeness (QED) is 0.200. The minimum Gasteiger partial charge on any atom is -0.507 e. The van der Waals surface area contributed by atoms with Gasteiger partial charge in [-0.05, 0) is 49.2 Å². The Morgan fingerprint density at radius 1 is 0.774 bits per heavy atom. The van der Waals surface area contributed by atoms with Crippen molar-refractivity contribution in [3.8, 4) is 11.5 Å². The molecule has 0 unspecified atom stereocenters. The first-order valence-electron chi connectivity index (χ1n) is 9.46. The highest BCUT2D eigenvalue weighted by Crippen LogP contribution is 2.20. The lowest BCUT2D eigenvalue weighted by atomic mass is 10.1. The van der Waals surface area contributed by atoms with Crippen LogP contribution in [-0.2, 0) is 9.59 Å². The molecule has 0 aliphatic heterocycles. The zero-order valence-corrected chi connectivity index (χ0v) is 19.7. The standard InChI is InChI=1S/C21H22Br2N4O4/c22-16-6-8-18(28)14(10-16)12-24-26-20(30)4-2-1-3-5-21(31)27-25-13-15-11-17(23)7-9-19(15)29/h6-13,28-29H,1-5H2,(H,26,30)(H,27,31)/b24-12+,25-13+. The van der Waals surface area contributed by atoms with Crippen LogP contribution in [0.1, 0.15) is 43.2 Å². The number of benzene rings is 2. The van der Waals surface area contributed by atoms with E-state index in [-0.39, 0.29) is 36.2 Å². The Hall–Kier alpha value is -2.72. The summed E-state index contributed by atoms with van der Waals surface area (Å²) in [4.78, 5) is 23.6. The van der Waals surface area contributed by atoms with E-state index in [4.69, 9.17) is 0 Å². The van der Waals surface area contributed by atoms with Gasteiger partial charge in [-0.2, -0.15) is 10.2 Å². The summed E-state index contributed by atoms with van der Waals surface area (Å²) < 4.78 is 1.58. The number of hydrazone groups is 2. The van der Waals surface area contributed by atoms with E-state index in [0.717, 1.165) is 8.95 Å². The van der Waals surface area contributed by atoms with Crippen molar-refractivity contribution in [1.29, 1.82) is 0 Å². The van der Waals surface area contributed by atoms with Crippen LogP contribution < -0.4 is 10.9 Å². The van der Waals surface area contributed by atoms with Gasteiger partial charge < -0.3 is 10.2 Å². The van der Waals surface area contributed by atoms with Crippen molar-refractivity contribution < 1.29 is 19.8 Å². The molecular weight excluding hydrogens is 532 g/mol. The highest BCUT2D eigenvalue weighted by Gasteiger charge is 2.04. The van der Waals surface area contributed by atoms with Crippen LogP contribution in [0.3, 0.4) is 0 Å². The van der Waals surface area contributed by atoms with Gasteiger partial charge in [0.2, 0.25) is 11.8 Å². The Morgan fingerprint density at radius 2 is 1.19 bits per heavy atom. The number of unbranched alkanes of at least 4 members (excludes halogenated alkanes) is 2. The van der Waals surface area contributed by atoms with Crippen molar-refractivity contribution >= 4 is 56.1 Å². The van der Waals surface area contributed by atoms with E-state index in [2.05, 4.69) is 52.9 Å². The van der Waals surface area contributed by atoms with Crippen LogP contribution in [0.2, 0.25) is 0 Å². The van der Waals surface area contributed by atoms with Gasteiger partial charge in [-0.1, -0.05) is 38.3 Å². The number of hydrogen-bond acceptors (Lipinski definition) is 6. The van der Waals surface area contributed by atoms with Gasteiger partial charge in [0.15, 0.2) is 0 Å². The lowest BCUT2D eigenvalue weighted by Gasteiger charge is -2.02. The first-order valence-corrected chi connectivity index (χ1v) is 11.0. The number of phenols is 2. The molecule has 0 radical (unpaired) electrons. The molecule has 0 fully saturated rings. The lowest BCUT2D eigenvalue weighted by Crippen LogP contribution is -2.18. The number of hydrogen-bond donors (Lipinski definition) is 4. The van der Waals surface area contributed by atoms with E-state index < -0.39 is 0 Å². The Kier molecular flexibility index (Phi) is 10.2. The smallest absolute Gasteiger partial charge is 0.240 e. The predicted molar refractivity (Wildman–Crippen MR) is 126 cm³/mol. The lowest BCUT2D eigenvalue weighted by molar-refractivity contribution is -0.121. The van der Waals surface area contributed by atoms with Crippen LogP contribution in [0.25, 0.3) is 0 Å². The van der Waals surface area contributed by atoms with Crippen LogP contribution >= 0.6 is 31.9 Å². The molecule has 4 N–H and O–H groups in total. The topological polar surface area (TPSA) is 123 Å². The molecule has 0 atom stereocenters. The van der Waals surface area contributed by atoms with Crippen LogP contribution in [0, 0.1) is 0 Å². The predicted octanol–water partition coefficient (Wildman–Crippen LogP) is 4.17. The molecule has 2 aromatic rings. The Bertz CT molecular complexity index is 902. The minimum absolute atomic E-state index is 0.0669. The number of aromatic hydroxyl groups is 2. The van der Waals surface area contributed by atoms with E-state index in [9.17, 15) is 19.8 Å². The average Bonchev–Trinajstić information content (AvgIpc) is 2.73. The molecule has 8 nitrogen and oxygen atoms in total. The Morgan fingerprint density at radius 3 is 1.61 bits per heavy atom. The van der Waals surface area contributed by atoms with Gasteiger partial charge in [0.25, 0.3) is 0 Å². The minimum atomic E-state index is -0.242. The van der Waals surface area contributed by atoms with Gasteiger partial charge in [-0.25, -0.2) is 10.9 Å². The molecule has 0 aliphatic carbocycles. The number of amides is 2. The van der Waals surface area contributed by atoms with Gasteiger partial charge in [-0.15, -0.1) is 0 Å². The fraction of sp³-hybridized carbons (Fsp3) is 0.238. The summed E-state index contributed by atoms with van der Waals surface area (Å²) in [6, 6.07) is 9.82. The molecule has 0 aromatic heterocycles. The second-order valence-corrected chi connectivity index (χ2v) is 8.38. The van der Waals surface area contributed by atoms with Crippen LogP contribution in [0.5, 0.6) is 11.5 Å². The zero-order valence-electron chi connectivity index (χ0n) is 16.5. The number of nitrogens with zero attached hydrogens (tertiary/aromatic N) is 2. The van der Waals surface area contributed by atoms with Crippen molar-refractivity contribution in [3.63, 3.8) is 0 Å². The number of phenolic OH excluding ortho intramolecular Hbond substituents is 2. The number of carbonyl (C=O) groups excluding carboxylic acids is 2. The second-order valence-electron chi connectivity index (χ2n) is 6.55. The van der Waals surface area contributed by atoms with Crippen LogP contribution in [0.15, 0.2) is 55.5 Å². The molecule has 31 heavy (non-hydrogen) atoms. The van der Waals surface area contributed by atoms with E-state index in [1.807, 2.05) is 0 Å². The van der Waals surface area contributed by atoms with E-state index in [1.54, 1.807) is 24.3 Å². The first-order chi connectivity index (χ1) is 14.8. The highest BCUT2D eigenvalue weighted by molar-refractivity contribution is 9.10. The number of rotatable bonds is 10. The van der Waals surface area contributed by atoms with Crippen molar-refractivity contribution in [3.05, 3.63) is 56.5 Å². The number of nitrogens with one attached hydrogen (secondary N) is 2. The molecule has 0 heterocycles. The summed E-state index contributed by atoms with van der Waals surface area (Å²) in [6.45, 7) is 0. The largest absolute Gasteiger partial charge is 0.507 e. The SMILES string of the molecule is O=C(CCCCCC(=O)N/N=C/c1cc(Br)ccc1O)N/N=C/c1cc(Br)ccc1O. The average molecular weight is 554 g/mol. The van der Waals surface area contributed by atoms with Gasteiger partial charge >= 0.3 is 0 Å². The summed E-state index contributed by atoms with van der Waals surface area (Å²) in [6.07, 6.45) is 5.24. The fourth-order valence-corrected chi connectivity index (χ4v) is 3.22. The van der Waals surface area contributed by atoms with E-state index >= 15 is 0 Å². The van der Waals surface area contributed by atoms with Gasteiger partial charge in [-0.3, -0.25) is 9.59 Å². The maximum atomic E-state index is 11.8. The number of halogens is 2. The summed E-state index contributed by atoms with van der Waals surface area (Å²) in [5.74, 6) is -0.350. The van der Waals surface area contributed by atoms with Crippen molar-refractivity contribution in [1.82, 2.24) is 10.9 Å². The molecule has 0 saturated heterocycles. The maximum Gasteiger partial charge on any atom is 0.240 e. The summed E-state index contributed by atoms with van der Waals surface area (Å²) in [5, 5.41) is 27.1. The third kappa shape index (κ3) is 9.31. The Labute approximate surface area is 196 Å². The summed E-state index contributed by atoms with van der Waals surface area (Å²) in [5.41, 5.74) is 5.79. The normalized spacial score (nSPS) is 11.2. The molecule has 0 aliphatic rings. The second kappa shape index (κ2) is 12.9. The van der Waals surface area contributed by atoms with Gasteiger partial charge in [0.1, 0.15) is 11.5 Å². The molecule has 0 saturated carbocycles.